The third-order valence-electron chi connectivity index (χ3n) is 17.7. The molecule has 3 aliphatic carbocycles. The van der Waals surface area contributed by atoms with Crippen molar-refractivity contribution < 1.29 is 48.3 Å². The van der Waals surface area contributed by atoms with Gasteiger partial charge < -0.3 is 38.7 Å². The first kappa shape index (κ1) is 51.6. The SMILES string of the molecule is COC[C@@H](CCO)c1c(CO)c2ccc3c(c2oc1=O)[C@H]1OC(=O)C[C@H]2C[C@@H](c4cccc(C5(c6ccccc6)CCCC5)c4)C=C[C@H]2c2ccc(cc2)CC/C(=C(\C)CO)C(=O)O[C@@H]1[C@](C)(C1CCCCC1)O3. The molecule has 390 valence electrons. The van der Waals surface area contributed by atoms with E-state index in [9.17, 15) is 24.9 Å². The third-order valence-corrected chi connectivity index (χ3v) is 17.7. The number of aryl methyl sites for hydroxylation is 1. The van der Waals surface area contributed by atoms with E-state index in [1.807, 2.05) is 6.92 Å². The highest BCUT2D eigenvalue weighted by Crippen LogP contribution is 2.53. The predicted molar refractivity (Wildman–Crippen MR) is 283 cm³/mol. The number of methoxy groups -OCH3 is 1. The Hall–Kier alpha value is -5.85. The Morgan fingerprint density at radius 2 is 1.57 bits per heavy atom. The molecule has 0 radical (unpaired) electrons. The molecule has 5 aromatic rings. The van der Waals surface area contributed by atoms with Crippen LogP contribution in [-0.2, 0) is 42.2 Å². The van der Waals surface area contributed by atoms with E-state index in [-0.39, 0.29) is 84.9 Å². The van der Waals surface area contributed by atoms with Crippen molar-refractivity contribution in [2.24, 2.45) is 11.8 Å². The molecular weight excluding hydrogens is 933 g/mol. The van der Waals surface area contributed by atoms with Gasteiger partial charge in [-0.05, 0) is 122 Å². The van der Waals surface area contributed by atoms with Crippen LogP contribution in [0, 0.1) is 11.8 Å². The minimum absolute atomic E-state index is 0.0206. The monoisotopic (exact) mass is 1000 g/mol. The van der Waals surface area contributed by atoms with E-state index in [0.717, 1.165) is 56.1 Å². The average molecular weight is 1010 g/mol. The summed E-state index contributed by atoms with van der Waals surface area (Å²) in [6.07, 6.45) is 12.8. The first-order chi connectivity index (χ1) is 36.0. The lowest BCUT2D eigenvalue weighted by Gasteiger charge is -2.50. The number of rotatable bonds is 11. The number of esters is 2. The summed E-state index contributed by atoms with van der Waals surface area (Å²) in [6, 6.07) is 31.9. The highest BCUT2D eigenvalue weighted by molar-refractivity contribution is 5.90. The van der Waals surface area contributed by atoms with Crippen molar-refractivity contribution in [2.75, 3.05) is 26.9 Å². The molecule has 0 amide bonds. The molecule has 0 spiro atoms. The molecule has 11 heteroatoms. The fraction of sp³-hybridized carbons (Fsp3) is 0.476. The molecule has 74 heavy (non-hydrogen) atoms. The number of benzene rings is 4. The zero-order valence-corrected chi connectivity index (χ0v) is 43.2. The van der Waals surface area contributed by atoms with Gasteiger partial charge in [-0.3, -0.25) is 4.79 Å². The Balaban J connectivity index is 1.11. The fourth-order valence-electron chi connectivity index (χ4n) is 13.7. The first-order valence-corrected chi connectivity index (χ1v) is 27.1. The van der Waals surface area contributed by atoms with Crippen molar-refractivity contribution in [3.05, 3.63) is 169 Å². The maximum absolute atomic E-state index is 15.4. The molecule has 4 heterocycles. The van der Waals surface area contributed by atoms with E-state index in [2.05, 4.69) is 91.0 Å². The van der Waals surface area contributed by atoms with E-state index in [0.29, 0.717) is 40.7 Å². The third kappa shape index (κ3) is 9.81. The summed E-state index contributed by atoms with van der Waals surface area (Å²) in [4.78, 5) is 44.7. The Bertz CT molecular complexity index is 2930. The summed E-state index contributed by atoms with van der Waals surface area (Å²) in [7, 11) is 1.51. The van der Waals surface area contributed by atoms with Gasteiger partial charge in [-0.15, -0.1) is 0 Å². The highest BCUT2D eigenvalue weighted by atomic mass is 16.6. The van der Waals surface area contributed by atoms with Crippen molar-refractivity contribution in [3.63, 3.8) is 0 Å². The maximum atomic E-state index is 15.4. The van der Waals surface area contributed by atoms with Gasteiger partial charge in [0.05, 0.1) is 25.4 Å². The quantitative estimate of drug-likeness (QED) is 0.0500. The molecule has 6 aliphatic rings. The second-order valence-electron chi connectivity index (χ2n) is 22.0. The van der Waals surface area contributed by atoms with E-state index in [1.165, 1.54) is 36.6 Å². The Morgan fingerprint density at radius 3 is 2.28 bits per heavy atom. The molecule has 11 rings (SSSR count). The van der Waals surface area contributed by atoms with Crippen molar-refractivity contribution in [2.45, 2.75) is 151 Å². The number of allylic oxidation sites excluding steroid dienone is 2. The number of aliphatic hydroxyl groups excluding tert-OH is 3. The molecule has 0 unspecified atom stereocenters. The van der Waals surface area contributed by atoms with Crippen molar-refractivity contribution in [1.82, 2.24) is 0 Å². The van der Waals surface area contributed by atoms with Gasteiger partial charge in [0.15, 0.2) is 12.2 Å². The van der Waals surface area contributed by atoms with Crippen LogP contribution in [0.15, 0.2) is 124 Å². The lowest BCUT2D eigenvalue weighted by Crippen LogP contribution is -2.58. The minimum atomic E-state index is -1.31. The van der Waals surface area contributed by atoms with E-state index < -0.39 is 47.9 Å². The van der Waals surface area contributed by atoms with Gasteiger partial charge in [0, 0.05) is 65.7 Å². The van der Waals surface area contributed by atoms with Crippen molar-refractivity contribution in [3.8, 4) is 5.75 Å². The Morgan fingerprint density at radius 1 is 0.811 bits per heavy atom. The molecule has 3 aliphatic heterocycles. The Labute approximate surface area is 434 Å². The molecule has 0 saturated heterocycles. The zero-order valence-electron chi connectivity index (χ0n) is 43.2. The summed E-state index contributed by atoms with van der Waals surface area (Å²) in [5, 5.41) is 32.0. The molecule has 4 aromatic carbocycles. The summed E-state index contributed by atoms with van der Waals surface area (Å²) < 4.78 is 32.7. The first-order valence-electron chi connectivity index (χ1n) is 27.1. The number of ether oxygens (including phenoxy) is 4. The predicted octanol–water partition coefficient (Wildman–Crippen LogP) is 11.3. The summed E-state index contributed by atoms with van der Waals surface area (Å²) in [5.41, 5.74) is 5.54. The zero-order chi connectivity index (χ0) is 51.6. The van der Waals surface area contributed by atoms with Gasteiger partial charge in [0.25, 0.3) is 0 Å². The second kappa shape index (κ2) is 22.2. The van der Waals surface area contributed by atoms with Crippen LogP contribution in [0.2, 0.25) is 0 Å². The molecule has 1 aromatic heterocycles. The molecule has 2 bridgehead atoms. The van der Waals surface area contributed by atoms with Crippen LogP contribution in [-0.4, -0.2) is 65.9 Å². The fourth-order valence-corrected chi connectivity index (χ4v) is 13.7. The standard InChI is InChI=1S/C63H72O11/c1-39(36-65)49-25-21-40-19-22-41(23-20-40)50-26-24-43(42-13-12-18-48(34-42)63(30-10-11-31-63)47-16-8-5-9-17-47)33-45(50)35-54(67)71-58-56-53(74-62(2,59(58)73-60(49)68)46-14-6-4-7-15-46)28-27-51-52(37-66)55(61(69)72-57(51)56)44(29-32-64)38-70-3/h5,8-9,12-13,16-20,22-24,26-28,34,43-46,50,58-59,64-66H,4,6-7,10-11,14-15,21,25,29-33,35-38H2,1-3H3/b49-39-/t43-,44+,45+,50-,58+,59-,62-/m0/s1. The molecule has 2 fully saturated rings. The molecular formula is C63H72O11. The van der Waals surface area contributed by atoms with Crippen LogP contribution in [0.1, 0.15) is 166 Å². The van der Waals surface area contributed by atoms with Crippen LogP contribution in [0.3, 0.4) is 0 Å². The highest BCUT2D eigenvalue weighted by Gasteiger charge is 2.57. The Kier molecular flexibility index (Phi) is 15.5. The van der Waals surface area contributed by atoms with Gasteiger partial charge in [0.2, 0.25) is 0 Å². The number of aliphatic hydroxyl groups is 3. The normalized spacial score (nSPS) is 26.3. The minimum Gasteiger partial charge on any atom is -0.483 e. The maximum Gasteiger partial charge on any atom is 0.340 e. The van der Waals surface area contributed by atoms with Crippen LogP contribution >= 0.6 is 0 Å². The van der Waals surface area contributed by atoms with Gasteiger partial charge in [-0.1, -0.05) is 123 Å². The molecule has 2 saturated carbocycles. The van der Waals surface area contributed by atoms with Gasteiger partial charge in [-0.25, -0.2) is 9.59 Å². The van der Waals surface area contributed by atoms with Crippen LogP contribution < -0.4 is 10.4 Å². The second-order valence-corrected chi connectivity index (χ2v) is 22.0. The average Bonchev–Trinajstić information content (AvgIpc) is 3.94. The summed E-state index contributed by atoms with van der Waals surface area (Å²) >= 11 is 0. The smallest absolute Gasteiger partial charge is 0.340 e. The van der Waals surface area contributed by atoms with Crippen molar-refractivity contribution in [1.29, 1.82) is 0 Å². The van der Waals surface area contributed by atoms with Crippen LogP contribution in [0.4, 0.5) is 0 Å². The summed E-state index contributed by atoms with van der Waals surface area (Å²) in [6.45, 7) is 2.64. The van der Waals surface area contributed by atoms with Gasteiger partial charge >= 0.3 is 17.6 Å². The topological polar surface area (TPSA) is 162 Å². The van der Waals surface area contributed by atoms with Crippen LogP contribution in [0.25, 0.3) is 11.0 Å². The number of carbonyl (C=O) groups is 2. The molecule has 11 nitrogen and oxygen atoms in total. The van der Waals surface area contributed by atoms with E-state index >= 15 is 4.79 Å². The summed E-state index contributed by atoms with van der Waals surface area (Å²) in [5.74, 6) is -1.82. The number of fused-ring (bicyclic) bond motifs is 11. The van der Waals surface area contributed by atoms with E-state index in [1.54, 1.807) is 19.1 Å². The van der Waals surface area contributed by atoms with E-state index in [4.69, 9.17) is 23.4 Å². The largest absolute Gasteiger partial charge is 0.483 e. The van der Waals surface area contributed by atoms with Gasteiger partial charge in [-0.2, -0.15) is 0 Å². The van der Waals surface area contributed by atoms with Crippen molar-refractivity contribution >= 4 is 22.9 Å². The lowest BCUT2D eigenvalue weighted by molar-refractivity contribution is -0.201. The van der Waals surface area contributed by atoms with Gasteiger partial charge in [0.1, 0.15) is 16.9 Å². The molecule has 3 N–H and O–H groups in total. The number of carbonyl (C=O) groups excluding carboxylic acids is 2. The number of hydrogen-bond donors (Lipinski definition) is 3. The number of hydrogen-bond acceptors (Lipinski definition) is 11. The lowest BCUT2D eigenvalue weighted by atomic mass is 9.70. The van der Waals surface area contributed by atoms with Crippen LogP contribution in [0.5, 0.6) is 5.75 Å². The molecule has 7 atom stereocenters.